The minimum atomic E-state index is -0.870. The molecule has 0 aliphatic carbocycles. The van der Waals surface area contributed by atoms with E-state index in [1.165, 1.54) is 0 Å². The van der Waals surface area contributed by atoms with E-state index in [1.54, 1.807) is 23.3 Å². The number of aliphatic carboxylic acids is 1. The Morgan fingerprint density at radius 3 is 2.95 bits per heavy atom. The lowest BCUT2D eigenvalue weighted by atomic mass is 10.2. The number of rotatable bonds is 6. The highest BCUT2D eigenvalue weighted by molar-refractivity contribution is 7.09. The summed E-state index contributed by atoms with van der Waals surface area (Å²) in [6.45, 7) is 3.98. The smallest absolute Gasteiger partial charge is 0.317 e. The van der Waals surface area contributed by atoms with E-state index in [-0.39, 0.29) is 12.6 Å². The van der Waals surface area contributed by atoms with Gasteiger partial charge in [0.05, 0.1) is 23.4 Å². The first-order valence-corrected chi connectivity index (χ1v) is 7.63. The van der Waals surface area contributed by atoms with Gasteiger partial charge in [0.2, 0.25) is 0 Å². The van der Waals surface area contributed by atoms with Crippen LogP contribution in [0, 0.1) is 0 Å². The number of carboxylic acid groups (broad SMARTS) is 1. The van der Waals surface area contributed by atoms with E-state index in [0.29, 0.717) is 19.6 Å². The van der Waals surface area contributed by atoms with Gasteiger partial charge < -0.3 is 10.2 Å². The lowest BCUT2D eigenvalue weighted by molar-refractivity contribution is -0.138. The van der Waals surface area contributed by atoms with Gasteiger partial charge in [-0.2, -0.15) is 0 Å². The molecular formula is C13H21N3O3S. The van der Waals surface area contributed by atoms with Crippen molar-refractivity contribution in [2.45, 2.75) is 32.0 Å². The molecule has 0 aromatic carbocycles. The fourth-order valence-corrected chi connectivity index (χ4v) is 3.29. The molecule has 2 N–H and O–H groups in total. The molecular weight excluding hydrogens is 278 g/mol. The normalized spacial score (nSPS) is 23.6. The van der Waals surface area contributed by atoms with Crippen LogP contribution in [0.2, 0.25) is 0 Å². The molecule has 20 heavy (non-hydrogen) atoms. The van der Waals surface area contributed by atoms with Gasteiger partial charge in [-0.3, -0.25) is 14.6 Å². The van der Waals surface area contributed by atoms with E-state index >= 15 is 0 Å². The van der Waals surface area contributed by atoms with Crippen molar-refractivity contribution >= 4 is 17.3 Å². The van der Waals surface area contributed by atoms with Crippen molar-refractivity contribution in [3.8, 4) is 0 Å². The second-order valence-corrected chi connectivity index (χ2v) is 6.17. The third-order valence-corrected chi connectivity index (χ3v) is 4.61. The van der Waals surface area contributed by atoms with Gasteiger partial charge in [0.15, 0.2) is 0 Å². The van der Waals surface area contributed by atoms with Crippen LogP contribution in [0.15, 0.2) is 5.38 Å². The predicted octanol–water partition coefficient (Wildman–Crippen LogP) is 0.267. The molecule has 0 radical (unpaired) electrons. The van der Waals surface area contributed by atoms with Gasteiger partial charge in [-0.1, -0.05) is 6.92 Å². The molecule has 1 aromatic heterocycles. The van der Waals surface area contributed by atoms with Crippen molar-refractivity contribution in [1.29, 1.82) is 0 Å². The van der Waals surface area contributed by atoms with E-state index in [9.17, 15) is 9.90 Å². The first-order valence-electron chi connectivity index (χ1n) is 6.75. The van der Waals surface area contributed by atoms with Crippen LogP contribution in [0.1, 0.15) is 17.6 Å². The fourth-order valence-electron chi connectivity index (χ4n) is 2.55. The Morgan fingerprint density at radius 1 is 1.60 bits per heavy atom. The molecule has 112 valence electrons. The number of likely N-dealkylation sites (N-methyl/N-ethyl adjacent to an activating group) is 1. The molecule has 1 saturated heterocycles. The Bertz CT molecular complexity index is 465. The number of carboxylic acids is 1. The summed E-state index contributed by atoms with van der Waals surface area (Å²) in [5.74, 6) is -0.870. The number of likely N-dealkylation sites (tertiary alicyclic amines) is 1. The summed E-state index contributed by atoms with van der Waals surface area (Å²) < 4.78 is 0. The van der Waals surface area contributed by atoms with Crippen LogP contribution in [0.25, 0.3) is 0 Å². The Morgan fingerprint density at radius 2 is 2.35 bits per heavy atom. The van der Waals surface area contributed by atoms with Crippen LogP contribution in [-0.4, -0.2) is 69.8 Å². The molecule has 0 bridgehead atoms. The lowest BCUT2D eigenvalue weighted by Crippen LogP contribution is -2.43. The average molecular weight is 299 g/mol. The Hall–Kier alpha value is -1.02. The van der Waals surface area contributed by atoms with Gasteiger partial charge in [0, 0.05) is 31.1 Å². The zero-order chi connectivity index (χ0) is 14.7. The van der Waals surface area contributed by atoms with Gasteiger partial charge in [-0.25, -0.2) is 4.98 Å². The van der Waals surface area contributed by atoms with E-state index in [4.69, 9.17) is 5.11 Å². The van der Waals surface area contributed by atoms with Crippen LogP contribution in [-0.2, 0) is 17.8 Å². The molecule has 0 amide bonds. The van der Waals surface area contributed by atoms with Crippen LogP contribution in [0.5, 0.6) is 0 Å². The predicted molar refractivity (Wildman–Crippen MR) is 76.8 cm³/mol. The summed E-state index contributed by atoms with van der Waals surface area (Å²) in [5, 5.41) is 22.1. The number of nitrogens with zero attached hydrogens (tertiary/aromatic N) is 3. The summed E-state index contributed by atoms with van der Waals surface area (Å²) >= 11 is 1.66. The van der Waals surface area contributed by atoms with Crippen LogP contribution < -0.4 is 0 Å². The largest absolute Gasteiger partial charge is 0.480 e. The van der Waals surface area contributed by atoms with Gasteiger partial charge in [-0.05, 0) is 13.5 Å². The second-order valence-electron chi connectivity index (χ2n) is 5.22. The first kappa shape index (κ1) is 15.4. The number of hydrogen-bond donors (Lipinski definition) is 2. The Kier molecular flexibility index (Phi) is 5.09. The molecule has 2 atom stereocenters. The van der Waals surface area contributed by atoms with Crippen molar-refractivity contribution in [2.75, 3.05) is 26.7 Å². The van der Waals surface area contributed by atoms with Crippen LogP contribution in [0.3, 0.4) is 0 Å². The zero-order valence-electron chi connectivity index (χ0n) is 11.8. The number of aromatic nitrogens is 1. The van der Waals surface area contributed by atoms with Crippen molar-refractivity contribution in [3.63, 3.8) is 0 Å². The molecule has 0 spiro atoms. The molecule has 2 rings (SSSR count). The standard InChI is InChI=1S/C13H21N3O3S/c1-3-12-14-9(8-20-12)4-16-5-10(11(17)6-16)15(2)7-13(18)19/h8,10-11,17H,3-7H2,1-2H3,(H,18,19)/t10-,11+/m0/s1. The van der Waals surface area contributed by atoms with Crippen LogP contribution in [0.4, 0.5) is 0 Å². The molecule has 6 nitrogen and oxygen atoms in total. The van der Waals surface area contributed by atoms with Crippen molar-refractivity contribution in [1.82, 2.24) is 14.8 Å². The molecule has 0 unspecified atom stereocenters. The van der Waals surface area contributed by atoms with Gasteiger partial charge in [0.25, 0.3) is 0 Å². The summed E-state index contributed by atoms with van der Waals surface area (Å²) in [7, 11) is 1.74. The molecule has 1 fully saturated rings. The highest BCUT2D eigenvalue weighted by Crippen LogP contribution is 2.19. The monoisotopic (exact) mass is 299 g/mol. The maximum Gasteiger partial charge on any atom is 0.317 e. The number of β-amino-alcohol motifs (C(OH)–C–C–N with tert-alkyl or cyclic N) is 1. The number of hydrogen-bond acceptors (Lipinski definition) is 6. The molecule has 7 heteroatoms. The Labute approximate surface area is 122 Å². The third-order valence-electron chi connectivity index (χ3n) is 3.57. The van der Waals surface area contributed by atoms with Crippen molar-refractivity contribution < 1.29 is 15.0 Å². The van der Waals surface area contributed by atoms with E-state index in [0.717, 1.165) is 17.1 Å². The zero-order valence-corrected chi connectivity index (χ0v) is 12.6. The quantitative estimate of drug-likeness (QED) is 0.785. The van der Waals surface area contributed by atoms with Gasteiger partial charge in [-0.15, -0.1) is 11.3 Å². The third kappa shape index (κ3) is 3.76. The highest BCUT2D eigenvalue weighted by atomic mass is 32.1. The van der Waals surface area contributed by atoms with E-state index < -0.39 is 12.1 Å². The van der Waals surface area contributed by atoms with Crippen LogP contribution >= 0.6 is 11.3 Å². The molecule has 2 heterocycles. The Balaban J connectivity index is 1.91. The first-order chi connectivity index (χ1) is 9.49. The molecule has 1 aliphatic rings. The second kappa shape index (κ2) is 6.62. The lowest BCUT2D eigenvalue weighted by Gasteiger charge is -2.24. The maximum atomic E-state index is 10.7. The van der Waals surface area contributed by atoms with E-state index in [2.05, 4.69) is 22.2 Å². The maximum absolute atomic E-state index is 10.7. The minimum absolute atomic E-state index is 0.0494. The average Bonchev–Trinajstić information content (AvgIpc) is 2.95. The summed E-state index contributed by atoms with van der Waals surface area (Å²) in [4.78, 5) is 19.1. The van der Waals surface area contributed by atoms with Crippen molar-refractivity contribution in [2.24, 2.45) is 0 Å². The number of aliphatic hydroxyl groups is 1. The fraction of sp³-hybridized carbons (Fsp3) is 0.692. The number of aryl methyl sites for hydroxylation is 1. The van der Waals surface area contributed by atoms with E-state index in [1.807, 2.05) is 0 Å². The number of aliphatic hydroxyl groups excluding tert-OH is 1. The summed E-state index contributed by atoms with van der Waals surface area (Å²) in [6, 6.07) is -0.129. The SMILES string of the molecule is CCc1nc(CN2C[C@@H](O)[C@@H](N(C)CC(=O)O)C2)cs1. The minimum Gasteiger partial charge on any atom is -0.480 e. The number of thiazole rings is 1. The van der Waals surface area contributed by atoms with Gasteiger partial charge >= 0.3 is 5.97 Å². The topological polar surface area (TPSA) is 76.9 Å². The highest BCUT2D eigenvalue weighted by Gasteiger charge is 2.34. The molecule has 0 saturated carbocycles. The van der Waals surface area contributed by atoms with Crippen molar-refractivity contribution in [3.05, 3.63) is 16.1 Å². The number of carbonyl (C=O) groups is 1. The van der Waals surface area contributed by atoms with Gasteiger partial charge in [0.1, 0.15) is 0 Å². The summed E-state index contributed by atoms with van der Waals surface area (Å²) in [6.07, 6.45) is 0.431. The molecule has 1 aromatic rings. The summed E-state index contributed by atoms with van der Waals surface area (Å²) in [5.41, 5.74) is 1.03. The molecule has 1 aliphatic heterocycles.